The van der Waals surface area contributed by atoms with E-state index in [0.29, 0.717) is 0 Å². The summed E-state index contributed by atoms with van der Waals surface area (Å²) in [7, 11) is 0. The molecule has 0 amide bonds. The molecule has 0 spiro atoms. The first-order chi connectivity index (χ1) is 4.37. The van der Waals surface area contributed by atoms with Crippen molar-refractivity contribution in [1.29, 1.82) is 0 Å². The molecule has 10 heavy (non-hydrogen) atoms. The third-order valence-electron chi connectivity index (χ3n) is 0.143. The fourth-order valence-corrected chi connectivity index (χ4v) is 0. The molecule has 0 atom stereocenters. The zero-order valence-corrected chi connectivity index (χ0v) is 4.87. The summed E-state index contributed by atoms with van der Waals surface area (Å²) in [4.78, 5) is 9.00. The van der Waals surface area contributed by atoms with Crippen LogP contribution in [0.25, 0.3) is 0 Å². The summed E-state index contributed by atoms with van der Waals surface area (Å²) in [5.74, 6) is -0.833. The second kappa shape index (κ2) is 6.06. The van der Waals surface area contributed by atoms with Gasteiger partial charge in [0, 0.05) is 6.92 Å². The lowest BCUT2D eigenvalue weighted by Crippen LogP contribution is -1.78. The number of carboxylic acid groups (broad SMARTS) is 1. The summed E-state index contributed by atoms with van der Waals surface area (Å²) in [6, 6.07) is 0. The Morgan fingerprint density at radius 3 is 1.20 bits per heavy atom. The normalized spacial score (nSPS) is 7.30. The van der Waals surface area contributed by atoms with E-state index in [9.17, 15) is 17.6 Å². The summed E-state index contributed by atoms with van der Waals surface area (Å²) in [6.45, 7) is 1.08. The van der Waals surface area contributed by atoms with Gasteiger partial charge in [-0.25, -0.2) is 0 Å². The van der Waals surface area contributed by atoms with Crippen LogP contribution in [-0.2, 0) is 4.79 Å². The van der Waals surface area contributed by atoms with E-state index < -0.39 is 18.1 Å². The van der Waals surface area contributed by atoms with Crippen LogP contribution in [0.4, 0.5) is 17.6 Å². The SMILES string of the molecule is CC(=O)O.FC(F)=C(F)F. The van der Waals surface area contributed by atoms with Gasteiger partial charge in [0.1, 0.15) is 0 Å². The Morgan fingerprint density at radius 1 is 1.10 bits per heavy atom. The van der Waals surface area contributed by atoms with E-state index in [4.69, 9.17) is 9.90 Å². The second-order valence-electron chi connectivity index (χ2n) is 1.04. The van der Waals surface area contributed by atoms with Crippen molar-refractivity contribution in [3.8, 4) is 0 Å². The van der Waals surface area contributed by atoms with Crippen molar-refractivity contribution in [3.63, 3.8) is 0 Å². The molecule has 0 bridgehead atoms. The molecule has 0 heterocycles. The second-order valence-corrected chi connectivity index (χ2v) is 1.04. The van der Waals surface area contributed by atoms with Crippen LogP contribution in [0.5, 0.6) is 0 Å². The molecule has 0 fully saturated rings. The Morgan fingerprint density at radius 2 is 1.20 bits per heavy atom. The fraction of sp³-hybridized carbons (Fsp3) is 0.250. The van der Waals surface area contributed by atoms with Gasteiger partial charge in [-0.2, -0.15) is 17.6 Å². The van der Waals surface area contributed by atoms with E-state index in [0.717, 1.165) is 6.92 Å². The van der Waals surface area contributed by atoms with Crippen molar-refractivity contribution in [3.05, 3.63) is 12.2 Å². The number of carbonyl (C=O) groups is 1. The number of hydrogen-bond acceptors (Lipinski definition) is 1. The lowest BCUT2D eigenvalue weighted by molar-refractivity contribution is -0.134. The molecule has 0 radical (unpaired) electrons. The first-order valence-corrected chi connectivity index (χ1v) is 1.93. The average molecular weight is 160 g/mol. The molecule has 0 unspecified atom stereocenters. The van der Waals surface area contributed by atoms with Crippen molar-refractivity contribution in [2.75, 3.05) is 0 Å². The molecule has 0 aromatic carbocycles. The molecule has 2 nitrogen and oxygen atoms in total. The van der Waals surface area contributed by atoms with Crippen molar-refractivity contribution >= 4 is 5.97 Å². The summed E-state index contributed by atoms with van der Waals surface area (Å²) in [5, 5.41) is 7.42. The molecule has 0 aliphatic carbocycles. The first-order valence-electron chi connectivity index (χ1n) is 1.93. The van der Waals surface area contributed by atoms with E-state index in [1.54, 1.807) is 0 Å². The highest BCUT2D eigenvalue weighted by molar-refractivity contribution is 5.62. The van der Waals surface area contributed by atoms with Gasteiger partial charge in [0.15, 0.2) is 0 Å². The lowest BCUT2D eigenvalue weighted by Gasteiger charge is -1.69. The van der Waals surface area contributed by atoms with Gasteiger partial charge in [-0.3, -0.25) is 4.79 Å². The Bertz CT molecular complexity index is 120. The largest absolute Gasteiger partial charge is 0.481 e. The van der Waals surface area contributed by atoms with Crippen LogP contribution in [0.15, 0.2) is 12.2 Å². The van der Waals surface area contributed by atoms with Crippen LogP contribution in [0, 0.1) is 0 Å². The minimum Gasteiger partial charge on any atom is -0.481 e. The molecule has 0 aliphatic heterocycles. The molecular weight excluding hydrogens is 156 g/mol. The van der Waals surface area contributed by atoms with E-state index in [1.165, 1.54) is 0 Å². The zero-order valence-electron chi connectivity index (χ0n) is 4.87. The predicted molar refractivity (Wildman–Crippen MR) is 24.8 cm³/mol. The van der Waals surface area contributed by atoms with Crippen LogP contribution in [0.3, 0.4) is 0 Å². The number of rotatable bonds is 0. The molecule has 6 heteroatoms. The van der Waals surface area contributed by atoms with Gasteiger partial charge in [-0.15, -0.1) is 0 Å². The maximum atomic E-state index is 10.3. The van der Waals surface area contributed by atoms with Crippen molar-refractivity contribution < 1.29 is 27.5 Å². The Balaban J connectivity index is 0. The van der Waals surface area contributed by atoms with Crippen molar-refractivity contribution in [2.45, 2.75) is 6.92 Å². The van der Waals surface area contributed by atoms with Gasteiger partial charge in [-0.05, 0) is 0 Å². The first kappa shape index (κ1) is 11.7. The molecule has 0 aliphatic rings. The quantitative estimate of drug-likeness (QED) is 0.551. The maximum absolute atomic E-state index is 10.3. The van der Waals surface area contributed by atoms with Crippen LogP contribution in [-0.4, -0.2) is 11.1 Å². The van der Waals surface area contributed by atoms with E-state index in [1.807, 2.05) is 0 Å². The summed E-state index contributed by atoms with van der Waals surface area (Å²) in [6.07, 6.45) is -5.81. The predicted octanol–water partition coefficient (Wildman–Crippen LogP) is 2.08. The summed E-state index contributed by atoms with van der Waals surface area (Å²) < 4.78 is 41.1. The highest BCUT2D eigenvalue weighted by atomic mass is 19.3. The molecule has 1 N–H and O–H groups in total. The Hall–Kier alpha value is -1.07. The van der Waals surface area contributed by atoms with Crippen molar-refractivity contribution in [1.82, 2.24) is 0 Å². The monoisotopic (exact) mass is 160 g/mol. The third-order valence-corrected chi connectivity index (χ3v) is 0.143. The van der Waals surface area contributed by atoms with Crippen LogP contribution >= 0.6 is 0 Å². The molecular formula is C4H4F4O2. The number of carboxylic acids is 1. The number of halogens is 4. The third kappa shape index (κ3) is 28.4. The molecule has 0 aromatic heterocycles. The average Bonchev–Trinajstić information content (AvgIpc) is 1.63. The Labute approximate surface area is 53.8 Å². The van der Waals surface area contributed by atoms with E-state index >= 15 is 0 Å². The minimum absolute atomic E-state index is 0.833. The molecule has 0 rings (SSSR count). The minimum atomic E-state index is -2.91. The molecule has 0 saturated carbocycles. The molecule has 0 saturated heterocycles. The lowest BCUT2D eigenvalue weighted by atomic mass is 10.9. The number of hydrogen-bond donors (Lipinski definition) is 1. The van der Waals surface area contributed by atoms with E-state index in [2.05, 4.69) is 0 Å². The Kier molecular flexibility index (Phi) is 7.08. The van der Waals surface area contributed by atoms with E-state index in [-0.39, 0.29) is 0 Å². The van der Waals surface area contributed by atoms with Gasteiger partial charge in [-0.1, -0.05) is 0 Å². The number of aliphatic carboxylic acids is 1. The fourth-order valence-electron chi connectivity index (χ4n) is 0. The highest BCUT2D eigenvalue weighted by Crippen LogP contribution is 2.08. The van der Waals surface area contributed by atoms with Gasteiger partial charge >= 0.3 is 12.2 Å². The van der Waals surface area contributed by atoms with Crippen molar-refractivity contribution in [2.24, 2.45) is 0 Å². The van der Waals surface area contributed by atoms with Gasteiger partial charge in [0.2, 0.25) is 0 Å². The highest BCUT2D eigenvalue weighted by Gasteiger charge is 1.98. The molecule has 60 valence electrons. The topological polar surface area (TPSA) is 37.3 Å². The van der Waals surface area contributed by atoms with Crippen LogP contribution in [0.2, 0.25) is 0 Å². The van der Waals surface area contributed by atoms with Gasteiger partial charge in [0.25, 0.3) is 5.97 Å². The van der Waals surface area contributed by atoms with Gasteiger partial charge in [0.05, 0.1) is 0 Å². The van der Waals surface area contributed by atoms with Crippen LogP contribution in [0.1, 0.15) is 6.92 Å². The smallest absolute Gasteiger partial charge is 0.334 e. The standard InChI is InChI=1S/C2F4.C2H4O2/c3-1(4)2(5)6;1-2(3)4/h;1H3,(H,3,4). The molecule has 0 aromatic rings. The maximum Gasteiger partial charge on any atom is 0.334 e. The summed E-state index contributed by atoms with van der Waals surface area (Å²) >= 11 is 0. The van der Waals surface area contributed by atoms with Gasteiger partial charge < -0.3 is 5.11 Å². The zero-order chi connectivity index (χ0) is 8.73. The van der Waals surface area contributed by atoms with Crippen LogP contribution < -0.4 is 0 Å². The summed E-state index contributed by atoms with van der Waals surface area (Å²) in [5.41, 5.74) is 0.